The van der Waals surface area contributed by atoms with Gasteiger partial charge < -0.3 is 5.32 Å². The monoisotopic (exact) mass is 392 g/mol. The van der Waals surface area contributed by atoms with Crippen molar-refractivity contribution in [1.29, 1.82) is 0 Å². The normalized spacial score (nSPS) is 14.1. The molecule has 28 heavy (non-hydrogen) atoms. The number of fused-ring (bicyclic) bond motifs is 3. The van der Waals surface area contributed by atoms with Crippen molar-refractivity contribution in [2.75, 3.05) is 11.4 Å². The van der Waals surface area contributed by atoms with Crippen molar-refractivity contribution in [2.24, 2.45) is 0 Å². The highest BCUT2D eigenvalue weighted by Crippen LogP contribution is 2.44. The number of aryl methyl sites for hydroxylation is 1. The number of anilines is 1. The van der Waals surface area contributed by atoms with Crippen molar-refractivity contribution in [2.45, 2.75) is 18.4 Å². The first kappa shape index (κ1) is 18.3. The third-order valence-corrected chi connectivity index (χ3v) is 6.80. The maximum absolute atomic E-state index is 12.8. The molecule has 0 unspecified atom stereocenters. The summed E-state index contributed by atoms with van der Waals surface area (Å²) in [7, 11) is -2.06. The lowest BCUT2D eigenvalue weighted by atomic mass is 9.96. The van der Waals surface area contributed by atoms with E-state index in [2.05, 4.69) is 5.32 Å². The summed E-state index contributed by atoms with van der Waals surface area (Å²) < 4.78 is 27.0. The van der Waals surface area contributed by atoms with Crippen LogP contribution in [0.4, 0.5) is 5.69 Å². The van der Waals surface area contributed by atoms with Crippen LogP contribution in [0.2, 0.25) is 0 Å². The van der Waals surface area contributed by atoms with Crippen molar-refractivity contribution in [3.05, 3.63) is 83.4 Å². The Labute approximate surface area is 164 Å². The minimum absolute atomic E-state index is 0.191. The molecule has 0 spiro atoms. The highest BCUT2D eigenvalue weighted by atomic mass is 32.2. The summed E-state index contributed by atoms with van der Waals surface area (Å²) in [6.45, 7) is 2.26. The van der Waals surface area contributed by atoms with Crippen LogP contribution in [0.1, 0.15) is 21.5 Å². The van der Waals surface area contributed by atoms with Crippen molar-refractivity contribution < 1.29 is 13.2 Å². The lowest BCUT2D eigenvalue weighted by Crippen LogP contribution is -2.31. The van der Waals surface area contributed by atoms with Gasteiger partial charge in [0.15, 0.2) is 0 Å². The molecule has 6 heteroatoms. The van der Waals surface area contributed by atoms with E-state index < -0.39 is 10.0 Å². The molecule has 0 fully saturated rings. The summed E-state index contributed by atoms with van der Waals surface area (Å²) in [5, 5.41) is 2.93. The van der Waals surface area contributed by atoms with Gasteiger partial charge in [-0.15, -0.1) is 0 Å². The summed E-state index contributed by atoms with van der Waals surface area (Å²) in [5.74, 6) is -0.191. The van der Waals surface area contributed by atoms with Gasteiger partial charge in [0, 0.05) is 30.3 Å². The molecule has 3 aromatic carbocycles. The zero-order valence-electron chi connectivity index (χ0n) is 15.6. The van der Waals surface area contributed by atoms with Crippen LogP contribution in [0.25, 0.3) is 11.1 Å². The van der Waals surface area contributed by atoms with E-state index in [0.29, 0.717) is 23.4 Å². The predicted octanol–water partition coefficient (Wildman–Crippen LogP) is 3.73. The van der Waals surface area contributed by atoms with Crippen LogP contribution >= 0.6 is 0 Å². The summed E-state index contributed by atoms with van der Waals surface area (Å²) >= 11 is 0. The number of nitrogens with one attached hydrogen (secondary N) is 1. The fourth-order valence-corrected chi connectivity index (χ4v) is 5.08. The molecule has 1 heterocycles. The van der Waals surface area contributed by atoms with Gasteiger partial charge >= 0.3 is 0 Å². The molecule has 1 amide bonds. The molecule has 0 aliphatic carbocycles. The van der Waals surface area contributed by atoms with Crippen LogP contribution in [-0.2, 0) is 16.6 Å². The summed E-state index contributed by atoms with van der Waals surface area (Å²) in [4.78, 5) is 13.0. The second-order valence-electron chi connectivity index (χ2n) is 6.83. The maximum atomic E-state index is 12.8. The van der Waals surface area contributed by atoms with Crippen molar-refractivity contribution in [3.8, 4) is 11.1 Å². The molecule has 0 saturated carbocycles. The Bertz CT molecular complexity index is 1170. The van der Waals surface area contributed by atoms with Gasteiger partial charge in [0.25, 0.3) is 15.9 Å². The quantitative estimate of drug-likeness (QED) is 0.739. The first-order valence-electron chi connectivity index (χ1n) is 8.94. The Hall–Kier alpha value is -3.12. The van der Waals surface area contributed by atoms with Gasteiger partial charge in [0.05, 0.1) is 10.6 Å². The van der Waals surface area contributed by atoms with Crippen LogP contribution < -0.4 is 9.62 Å². The molecule has 0 atom stereocenters. The SMILES string of the molecule is Cc1cc(C(=O)NCc2ccccc2)cc2c1N(C)S(=O)(=O)c1ccccc1-2. The lowest BCUT2D eigenvalue weighted by molar-refractivity contribution is 0.0951. The average molecular weight is 392 g/mol. The molecule has 0 saturated heterocycles. The number of carbonyl (C=O) groups excluding carboxylic acids is 1. The Morgan fingerprint density at radius 3 is 2.39 bits per heavy atom. The van der Waals surface area contributed by atoms with Gasteiger partial charge in [-0.2, -0.15) is 0 Å². The van der Waals surface area contributed by atoms with Gasteiger partial charge in [0.2, 0.25) is 0 Å². The molecule has 1 aliphatic rings. The molecule has 0 radical (unpaired) electrons. The largest absolute Gasteiger partial charge is 0.348 e. The van der Waals surface area contributed by atoms with Gasteiger partial charge in [-0.3, -0.25) is 9.10 Å². The maximum Gasteiger partial charge on any atom is 0.264 e. The predicted molar refractivity (Wildman–Crippen MR) is 110 cm³/mol. The Morgan fingerprint density at radius 1 is 0.964 bits per heavy atom. The highest BCUT2D eigenvalue weighted by molar-refractivity contribution is 7.93. The molecule has 0 aromatic heterocycles. The summed E-state index contributed by atoms with van der Waals surface area (Å²) in [6.07, 6.45) is 0. The summed E-state index contributed by atoms with van der Waals surface area (Å²) in [6, 6.07) is 20.1. The van der Waals surface area contributed by atoms with Gasteiger partial charge in [-0.05, 0) is 36.2 Å². The van der Waals surface area contributed by atoms with Crippen LogP contribution in [0, 0.1) is 6.92 Å². The van der Waals surface area contributed by atoms with E-state index >= 15 is 0 Å². The number of hydrogen-bond donors (Lipinski definition) is 1. The number of hydrogen-bond acceptors (Lipinski definition) is 3. The van der Waals surface area contributed by atoms with E-state index in [1.165, 1.54) is 4.31 Å². The van der Waals surface area contributed by atoms with Crippen molar-refractivity contribution in [3.63, 3.8) is 0 Å². The molecule has 5 nitrogen and oxygen atoms in total. The zero-order chi connectivity index (χ0) is 19.9. The second kappa shape index (κ2) is 6.80. The number of amides is 1. The second-order valence-corrected chi connectivity index (χ2v) is 8.76. The first-order chi connectivity index (χ1) is 13.4. The van der Waals surface area contributed by atoms with E-state index in [1.807, 2.05) is 37.3 Å². The average Bonchev–Trinajstić information content (AvgIpc) is 2.71. The minimum Gasteiger partial charge on any atom is -0.348 e. The van der Waals surface area contributed by atoms with Gasteiger partial charge in [-0.1, -0.05) is 48.5 Å². The van der Waals surface area contributed by atoms with Crippen LogP contribution in [0.3, 0.4) is 0 Å². The molecule has 3 aromatic rings. The minimum atomic E-state index is -3.60. The smallest absolute Gasteiger partial charge is 0.264 e. The Kier molecular flexibility index (Phi) is 4.43. The third-order valence-electron chi connectivity index (χ3n) is 4.99. The van der Waals surface area contributed by atoms with E-state index in [-0.39, 0.29) is 10.8 Å². The van der Waals surface area contributed by atoms with Crippen LogP contribution in [0.5, 0.6) is 0 Å². The molecule has 142 valence electrons. The van der Waals surface area contributed by atoms with E-state index in [0.717, 1.165) is 16.7 Å². The molecule has 0 bridgehead atoms. The van der Waals surface area contributed by atoms with E-state index in [4.69, 9.17) is 0 Å². The Balaban J connectivity index is 1.75. The number of sulfonamides is 1. The first-order valence-corrected chi connectivity index (χ1v) is 10.4. The standard InChI is InChI=1S/C22H20N2O3S/c1-15-12-17(22(25)23-14-16-8-4-3-5-9-16)13-19-18-10-6-7-11-20(18)28(26,27)24(2)21(15)19/h3-13H,14H2,1-2H3,(H,23,25). The van der Waals surface area contributed by atoms with Gasteiger partial charge in [-0.25, -0.2) is 8.42 Å². The lowest BCUT2D eigenvalue weighted by Gasteiger charge is -2.31. The fraction of sp³-hybridized carbons (Fsp3) is 0.136. The number of benzene rings is 3. The van der Waals surface area contributed by atoms with Gasteiger partial charge in [0.1, 0.15) is 0 Å². The van der Waals surface area contributed by atoms with Crippen molar-refractivity contribution >= 4 is 21.6 Å². The molecule has 4 rings (SSSR count). The topological polar surface area (TPSA) is 66.5 Å². The van der Waals surface area contributed by atoms with E-state index in [9.17, 15) is 13.2 Å². The number of nitrogens with zero attached hydrogens (tertiary/aromatic N) is 1. The third kappa shape index (κ3) is 2.96. The highest BCUT2D eigenvalue weighted by Gasteiger charge is 2.33. The van der Waals surface area contributed by atoms with E-state index in [1.54, 1.807) is 43.4 Å². The van der Waals surface area contributed by atoms with Crippen LogP contribution in [0.15, 0.2) is 71.6 Å². The Morgan fingerprint density at radius 2 is 1.64 bits per heavy atom. The molecule has 1 aliphatic heterocycles. The zero-order valence-corrected chi connectivity index (χ0v) is 16.5. The summed E-state index contributed by atoms with van der Waals surface area (Å²) in [5.41, 5.74) is 4.24. The van der Waals surface area contributed by atoms with Crippen molar-refractivity contribution in [1.82, 2.24) is 5.32 Å². The molecular formula is C22H20N2O3S. The molecular weight excluding hydrogens is 372 g/mol. The number of rotatable bonds is 3. The molecule has 1 N–H and O–H groups in total. The number of carbonyl (C=O) groups is 1. The fourth-order valence-electron chi connectivity index (χ4n) is 3.60. The van der Waals surface area contributed by atoms with Crippen LogP contribution in [-0.4, -0.2) is 21.4 Å².